The van der Waals surface area contributed by atoms with Gasteiger partial charge in [-0.05, 0) is 44.0 Å². The number of hydrogen-bond acceptors (Lipinski definition) is 5. The van der Waals surface area contributed by atoms with Gasteiger partial charge in [0, 0.05) is 18.5 Å². The van der Waals surface area contributed by atoms with Gasteiger partial charge < -0.3 is 14.3 Å². The van der Waals surface area contributed by atoms with Crippen LogP contribution in [0.5, 0.6) is 5.75 Å². The lowest BCUT2D eigenvalue weighted by atomic mass is 10.1. The standard InChI is InChI=1S/C18H26N2O3/c1-11(2)18-19-13-8-12(9-16(22-4)17(13)23-18)10-20(3)14-6-5-7-15(14)21/h8-9,11,14-15,21H,5-7,10H2,1-4H3/t14-,15-/m0/s1. The Hall–Kier alpha value is -1.59. The number of likely N-dealkylation sites (N-methyl/N-ethyl adjacent to an activating group) is 1. The minimum atomic E-state index is -0.217. The lowest BCUT2D eigenvalue weighted by Gasteiger charge is -2.27. The van der Waals surface area contributed by atoms with Crippen molar-refractivity contribution in [3.05, 3.63) is 23.6 Å². The Morgan fingerprint density at radius 2 is 2.17 bits per heavy atom. The van der Waals surface area contributed by atoms with Gasteiger partial charge in [0.2, 0.25) is 0 Å². The maximum Gasteiger partial charge on any atom is 0.198 e. The monoisotopic (exact) mass is 318 g/mol. The Balaban J connectivity index is 1.88. The van der Waals surface area contributed by atoms with Crippen LogP contribution in [0.2, 0.25) is 0 Å². The molecule has 1 fully saturated rings. The highest BCUT2D eigenvalue weighted by Gasteiger charge is 2.28. The van der Waals surface area contributed by atoms with Crippen LogP contribution in [0.3, 0.4) is 0 Å². The van der Waals surface area contributed by atoms with Crippen molar-refractivity contribution in [3.8, 4) is 5.75 Å². The van der Waals surface area contributed by atoms with Gasteiger partial charge in [0.1, 0.15) is 5.52 Å². The highest BCUT2D eigenvalue weighted by atomic mass is 16.5. The molecule has 0 aliphatic heterocycles. The number of rotatable bonds is 5. The molecule has 0 spiro atoms. The molecule has 3 rings (SSSR count). The fraction of sp³-hybridized carbons (Fsp3) is 0.611. The smallest absolute Gasteiger partial charge is 0.198 e. The van der Waals surface area contributed by atoms with Crippen LogP contribution >= 0.6 is 0 Å². The first-order valence-electron chi connectivity index (χ1n) is 8.35. The van der Waals surface area contributed by atoms with Crippen molar-refractivity contribution in [2.24, 2.45) is 0 Å². The van der Waals surface area contributed by atoms with Gasteiger partial charge in [0.25, 0.3) is 0 Å². The van der Waals surface area contributed by atoms with Crippen LogP contribution < -0.4 is 4.74 Å². The van der Waals surface area contributed by atoms with Gasteiger partial charge in [0.15, 0.2) is 17.2 Å². The minimum Gasteiger partial charge on any atom is -0.493 e. The third-order valence-corrected chi connectivity index (χ3v) is 4.69. The number of aromatic nitrogens is 1. The molecule has 5 heteroatoms. The molecule has 5 nitrogen and oxygen atoms in total. The second-order valence-electron chi connectivity index (χ2n) is 6.83. The molecule has 1 aromatic carbocycles. The van der Waals surface area contributed by atoms with Crippen molar-refractivity contribution in [3.63, 3.8) is 0 Å². The zero-order valence-electron chi connectivity index (χ0n) is 14.4. The van der Waals surface area contributed by atoms with E-state index in [0.29, 0.717) is 5.58 Å². The number of fused-ring (bicyclic) bond motifs is 1. The average molecular weight is 318 g/mol. The number of ether oxygens (including phenoxy) is 1. The fourth-order valence-corrected chi connectivity index (χ4v) is 3.40. The summed E-state index contributed by atoms with van der Waals surface area (Å²) in [5.41, 5.74) is 2.67. The van der Waals surface area contributed by atoms with E-state index in [1.54, 1.807) is 7.11 Å². The fourth-order valence-electron chi connectivity index (χ4n) is 3.40. The Labute approximate surface area is 137 Å². The third-order valence-electron chi connectivity index (χ3n) is 4.69. The zero-order valence-corrected chi connectivity index (χ0v) is 14.4. The van der Waals surface area contributed by atoms with Gasteiger partial charge in [-0.3, -0.25) is 4.90 Å². The van der Waals surface area contributed by atoms with Gasteiger partial charge in [-0.25, -0.2) is 4.98 Å². The SMILES string of the molecule is COc1cc(CN(C)[C@H]2CCC[C@@H]2O)cc2nc(C(C)C)oc12. The average Bonchev–Trinajstić information content (AvgIpc) is 3.12. The Morgan fingerprint density at radius 3 is 2.78 bits per heavy atom. The Morgan fingerprint density at radius 1 is 1.39 bits per heavy atom. The summed E-state index contributed by atoms with van der Waals surface area (Å²) in [4.78, 5) is 6.81. The molecule has 0 amide bonds. The number of oxazole rings is 1. The first kappa shape index (κ1) is 16.3. The molecule has 0 unspecified atom stereocenters. The predicted octanol–water partition coefficient (Wildman–Crippen LogP) is 3.31. The van der Waals surface area contributed by atoms with Crippen LogP contribution in [0, 0.1) is 0 Å². The Kier molecular flexibility index (Phi) is 4.60. The molecule has 2 atom stereocenters. The molecule has 1 aliphatic carbocycles. The van der Waals surface area contributed by atoms with E-state index in [9.17, 15) is 5.11 Å². The number of benzene rings is 1. The van der Waals surface area contributed by atoms with Crippen molar-refractivity contribution >= 4 is 11.1 Å². The molecule has 1 aliphatic rings. The second kappa shape index (κ2) is 6.49. The molecule has 1 heterocycles. The van der Waals surface area contributed by atoms with E-state index in [4.69, 9.17) is 9.15 Å². The maximum atomic E-state index is 10.1. The van der Waals surface area contributed by atoms with Gasteiger partial charge in [-0.2, -0.15) is 0 Å². The Bertz CT molecular complexity index is 680. The maximum absolute atomic E-state index is 10.1. The first-order valence-corrected chi connectivity index (χ1v) is 8.35. The highest BCUT2D eigenvalue weighted by molar-refractivity contribution is 5.80. The number of methoxy groups -OCH3 is 1. The topological polar surface area (TPSA) is 58.7 Å². The van der Waals surface area contributed by atoms with Crippen LogP contribution in [-0.4, -0.2) is 41.3 Å². The molecular formula is C18H26N2O3. The largest absolute Gasteiger partial charge is 0.493 e. The van der Waals surface area contributed by atoms with Gasteiger partial charge in [-0.1, -0.05) is 13.8 Å². The van der Waals surface area contributed by atoms with Crippen molar-refractivity contribution < 1.29 is 14.3 Å². The molecule has 0 saturated heterocycles. The number of hydrogen-bond donors (Lipinski definition) is 1. The second-order valence-corrected chi connectivity index (χ2v) is 6.83. The molecule has 126 valence electrons. The van der Waals surface area contributed by atoms with Crippen LogP contribution in [0.1, 0.15) is 50.5 Å². The van der Waals surface area contributed by atoms with E-state index >= 15 is 0 Å². The third kappa shape index (κ3) is 3.21. The number of aliphatic hydroxyl groups is 1. The molecule has 0 radical (unpaired) electrons. The van der Waals surface area contributed by atoms with Crippen molar-refractivity contribution in [1.29, 1.82) is 0 Å². The van der Waals surface area contributed by atoms with E-state index in [0.717, 1.165) is 48.5 Å². The summed E-state index contributed by atoms with van der Waals surface area (Å²) in [6.07, 6.45) is 2.83. The van der Waals surface area contributed by atoms with E-state index in [1.165, 1.54) is 0 Å². The van der Waals surface area contributed by atoms with E-state index < -0.39 is 0 Å². The molecule has 0 bridgehead atoms. The summed E-state index contributed by atoms with van der Waals surface area (Å²) in [6.45, 7) is 4.89. The minimum absolute atomic E-state index is 0.217. The molecule has 23 heavy (non-hydrogen) atoms. The predicted molar refractivity (Wildman–Crippen MR) is 89.8 cm³/mol. The summed E-state index contributed by atoms with van der Waals surface area (Å²) < 4.78 is 11.3. The summed E-state index contributed by atoms with van der Waals surface area (Å²) in [5, 5.41) is 10.1. The van der Waals surface area contributed by atoms with Gasteiger partial charge in [-0.15, -0.1) is 0 Å². The van der Waals surface area contributed by atoms with Crippen LogP contribution in [-0.2, 0) is 6.54 Å². The lowest BCUT2D eigenvalue weighted by Crippen LogP contribution is -2.36. The lowest BCUT2D eigenvalue weighted by molar-refractivity contribution is 0.0825. The molecule has 1 saturated carbocycles. The van der Waals surface area contributed by atoms with Crippen LogP contribution in [0.4, 0.5) is 0 Å². The van der Waals surface area contributed by atoms with E-state index in [-0.39, 0.29) is 18.1 Å². The number of aliphatic hydroxyl groups excluding tert-OH is 1. The normalized spacial score (nSPS) is 21.7. The van der Waals surface area contributed by atoms with Crippen LogP contribution in [0.25, 0.3) is 11.1 Å². The van der Waals surface area contributed by atoms with Crippen LogP contribution in [0.15, 0.2) is 16.5 Å². The summed E-state index contributed by atoms with van der Waals surface area (Å²) in [5.74, 6) is 1.69. The molecular weight excluding hydrogens is 292 g/mol. The molecule has 2 aromatic rings. The van der Waals surface area contributed by atoms with E-state index in [1.807, 2.05) is 6.07 Å². The summed E-state index contributed by atoms with van der Waals surface area (Å²) >= 11 is 0. The number of nitrogens with zero attached hydrogens (tertiary/aromatic N) is 2. The first-order chi connectivity index (χ1) is 11.0. The van der Waals surface area contributed by atoms with Crippen molar-refractivity contribution in [2.45, 2.75) is 57.7 Å². The van der Waals surface area contributed by atoms with Crippen molar-refractivity contribution in [1.82, 2.24) is 9.88 Å². The molecule has 1 aromatic heterocycles. The summed E-state index contributed by atoms with van der Waals surface area (Å²) in [6, 6.07) is 4.31. The summed E-state index contributed by atoms with van der Waals surface area (Å²) in [7, 11) is 3.72. The van der Waals surface area contributed by atoms with Gasteiger partial charge >= 0.3 is 0 Å². The van der Waals surface area contributed by atoms with Gasteiger partial charge in [0.05, 0.1) is 13.2 Å². The van der Waals surface area contributed by atoms with E-state index in [2.05, 4.69) is 36.8 Å². The quantitative estimate of drug-likeness (QED) is 0.916. The molecule has 1 N–H and O–H groups in total. The highest BCUT2D eigenvalue weighted by Crippen LogP contribution is 2.32. The van der Waals surface area contributed by atoms with Crippen molar-refractivity contribution in [2.75, 3.05) is 14.2 Å². The zero-order chi connectivity index (χ0) is 16.6.